The monoisotopic (exact) mass is 760 g/mol. The Balaban J connectivity index is 0.00000260. The Labute approximate surface area is 350 Å². The molecule has 59 heavy (non-hydrogen) atoms. The summed E-state index contributed by atoms with van der Waals surface area (Å²) in [5.41, 5.74) is 17.3. The molecule has 0 atom stereocenters. The largest absolute Gasteiger partial charge is 0.456 e. The lowest BCUT2D eigenvalue weighted by Gasteiger charge is -2.18. The number of furan rings is 1. The zero-order valence-electron chi connectivity index (χ0n) is 34.2. The molecule has 7 aromatic carbocycles. The fraction of sp³-hybridized carbons (Fsp3) is 0.0526. The van der Waals surface area contributed by atoms with Crippen molar-refractivity contribution in [2.24, 2.45) is 0 Å². The SMILES string of the molecule is C=C.C=C(/C=C\C=C(/C)c1ccc(B(c2ccc(-c3cccc(/C(C)=C/C=C\C)c3)cc2)c2ccc(-c3ccc4oc5ccccc5c4c3)cc2)cc1)c1ccccc1. The van der Waals surface area contributed by atoms with E-state index in [0.29, 0.717) is 0 Å². The molecule has 0 aliphatic rings. The van der Waals surface area contributed by atoms with Gasteiger partial charge in [-0.3, -0.25) is 0 Å². The highest BCUT2D eigenvalue weighted by molar-refractivity contribution is 6.95. The highest BCUT2D eigenvalue weighted by Crippen LogP contribution is 2.32. The van der Waals surface area contributed by atoms with Gasteiger partial charge in [0.05, 0.1) is 0 Å². The summed E-state index contributed by atoms with van der Waals surface area (Å²) in [5, 5.41) is 2.28. The molecule has 8 aromatic rings. The molecule has 1 heterocycles. The number of hydrogen-bond acceptors (Lipinski definition) is 1. The zero-order chi connectivity index (χ0) is 41.1. The Morgan fingerprint density at radius 1 is 0.475 bits per heavy atom. The minimum Gasteiger partial charge on any atom is -0.456 e. The second kappa shape index (κ2) is 18.9. The van der Waals surface area contributed by atoms with Gasteiger partial charge >= 0.3 is 0 Å². The van der Waals surface area contributed by atoms with Crippen LogP contribution in [-0.2, 0) is 0 Å². The molecule has 1 nitrogen and oxygen atoms in total. The summed E-state index contributed by atoms with van der Waals surface area (Å²) in [5.74, 6) is 0. The molecule has 0 amide bonds. The van der Waals surface area contributed by atoms with Gasteiger partial charge in [0.25, 0.3) is 0 Å². The third kappa shape index (κ3) is 9.20. The van der Waals surface area contributed by atoms with Crippen molar-refractivity contribution in [3.8, 4) is 22.3 Å². The number of benzene rings is 7. The Hall–Kier alpha value is -7.16. The van der Waals surface area contributed by atoms with E-state index in [1.165, 1.54) is 60.9 Å². The first kappa shape index (κ1) is 40.1. The van der Waals surface area contributed by atoms with Crippen LogP contribution < -0.4 is 16.4 Å². The van der Waals surface area contributed by atoms with E-state index in [1.807, 2.05) is 37.3 Å². The Morgan fingerprint density at radius 2 is 1.00 bits per heavy atom. The molecule has 0 spiro atoms. The van der Waals surface area contributed by atoms with E-state index in [4.69, 9.17) is 4.42 Å². The van der Waals surface area contributed by atoms with E-state index < -0.39 is 0 Å². The van der Waals surface area contributed by atoms with Gasteiger partial charge in [-0.15, -0.1) is 13.2 Å². The maximum Gasteiger partial charge on any atom is 0.241 e. The molecule has 0 saturated carbocycles. The lowest BCUT2D eigenvalue weighted by molar-refractivity contribution is 0.669. The van der Waals surface area contributed by atoms with Gasteiger partial charge in [-0.05, 0) is 101 Å². The molecule has 0 fully saturated rings. The second-order valence-corrected chi connectivity index (χ2v) is 14.7. The van der Waals surface area contributed by atoms with Crippen molar-refractivity contribution in [3.05, 3.63) is 243 Å². The first-order valence-electron chi connectivity index (χ1n) is 20.2. The Morgan fingerprint density at radius 3 is 1.66 bits per heavy atom. The molecule has 0 aliphatic heterocycles. The van der Waals surface area contributed by atoms with Crippen molar-refractivity contribution >= 4 is 61.8 Å². The normalized spacial score (nSPS) is 11.9. The number of allylic oxidation sites excluding steroid dienone is 9. The molecule has 0 saturated heterocycles. The van der Waals surface area contributed by atoms with Gasteiger partial charge in [0, 0.05) is 10.8 Å². The van der Waals surface area contributed by atoms with Gasteiger partial charge in [-0.25, -0.2) is 0 Å². The highest BCUT2D eigenvalue weighted by atomic mass is 16.3. The molecule has 0 N–H and O–H groups in total. The Bertz CT molecular complexity index is 2810. The summed E-state index contributed by atoms with van der Waals surface area (Å²) in [6, 6.07) is 61.1. The molecule has 0 unspecified atom stereocenters. The van der Waals surface area contributed by atoms with E-state index >= 15 is 0 Å². The topological polar surface area (TPSA) is 13.1 Å². The van der Waals surface area contributed by atoms with Gasteiger partial charge < -0.3 is 4.42 Å². The maximum absolute atomic E-state index is 6.11. The van der Waals surface area contributed by atoms with Crippen LogP contribution in [-0.4, -0.2) is 6.71 Å². The van der Waals surface area contributed by atoms with Crippen LogP contribution in [0.5, 0.6) is 0 Å². The summed E-state index contributed by atoms with van der Waals surface area (Å²) >= 11 is 0. The van der Waals surface area contributed by atoms with Crippen LogP contribution in [0.2, 0.25) is 0 Å². The van der Waals surface area contributed by atoms with Crippen molar-refractivity contribution in [2.45, 2.75) is 20.8 Å². The number of fused-ring (bicyclic) bond motifs is 3. The second-order valence-electron chi connectivity index (χ2n) is 14.7. The molecule has 286 valence electrons. The summed E-state index contributed by atoms with van der Waals surface area (Å²) < 4.78 is 6.11. The van der Waals surface area contributed by atoms with Crippen LogP contribution in [0.1, 0.15) is 37.5 Å². The number of para-hydroxylation sites is 1. The summed E-state index contributed by atoms with van der Waals surface area (Å²) in [4.78, 5) is 0. The van der Waals surface area contributed by atoms with Crippen molar-refractivity contribution in [3.63, 3.8) is 0 Å². The van der Waals surface area contributed by atoms with Gasteiger partial charge in [-0.1, -0.05) is 205 Å². The number of rotatable bonds is 11. The van der Waals surface area contributed by atoms with Crippen LogP contribution in [0.4, 0.5) is 0 Å². The van der Waals surface area contributed by atoms with E-state index in [1.54, 1.807) is 0 Å². The summed E-state index contributed by atoms with van der Waals surface area (Å²) in [6.45, 7) is 16.7. The highest BCUT2D eigenvalue weighted by Gasteiger charge is 2.22. The lowest BCUT2D eigenvalue weighted by Crippen LogP contribution is -2.51. The van der Waals surface area contributed by atoms with Gasteiger partial charge in [0.1, 0.15) is 11.2 Å². The third-order valence-electron chi connectivity index (χ3n) is 10.9. The van der Waals surface area contributed by atoms with Crippen molar-refractivity contribution in [1.29, 1.82) is 0 Å². The standard InChI is InChI=1S/C55H45BO.C2H4/c1-5-6-14-41(4)46-19-13-20-47(37-46)44-25-32-50(33-26-44)56(49-30-23-43(24-31-49)40(3)16-12-15-39(2)42-17-8-7-9-18-42)51-34-27-45(28-35-51)48-29-36-55-53(38-48)52-21-10-11-22-54(52)57-55;1-2/h5-38H,2H2,1,3-4H3;1-2H2/b6-5-,15-12-,40-16+,41-14+;. The average Bonchev–Trinajstić information content (AvgIpc) is 3.68. The summed E-state index contributed by atoms with van der Waals surface area (Å²) in [6.07, 6.45) is 12.6. The molecule has 2 heteroatoms. The van der Waals surface area contributed by atoms with E-state index in [9.17, 15) is 0 Å². The van der Waals surface area contributed by atoms with Crippen LogP contribution in [0.3, 0.4) is 0 Å². The van der Waals surface area contributed by atoms with Crippen molar-refractivity contribution in [1.82, 2.24) is 0 Å². The van der Waals surface area contributed by atoms with Crippen LogP contribution >= 0.6 is 0 Å². The molecule has 0 aliphatic carbocycles. The summed E-state index contributed by atoms with van der Waals surface area (Å²) in [7, 11) is 0. The smallest absolute Gasteiger partial charge is 0.241 e. The first-order valence-corrected chi connectivity index (χ1v) is 20.2. The number of hydrogen-bond donors (Lipinski definition) is 0. The molecule has 1 aromatic heterocycles. The molecule has 0 radical (unpaired) electrons. The van der Waals surface area contributed by atoms with E-state index in [0.717, 1.165) is 33.1 Å². The minimum atomic E-state index is 0.0539. The third-order valence-corrected chi connectivity index (χ3v) is 10.9. The Kier molecular flexibility index (Phi) is 12.8. The fourth-order valence-corrected chi connectivity index (χ4v) is 7.59. The molecular formula is C57H49BO. The maximum atomic E-state index is 6.11. The van der Waals surface area contributed by atoms with E-state index in [2.05, 4.69) is 210 Å². The average molecular weight is 761 g/mol. The zero-order valence-corrected chi connectivity index (χ0v) is 34.2. The molecule has 8 rings (SSSR count). The molecular weight excluding hydrogens is 711 g/mol. The van der Waals surface area contributed by atoms with Crippen molar-refractivity contribution < 1.29 is 4.42 Å². The van der Waals surface area contributed by atoms with E-state index in [-0.39, 0.29) is 6.71 Å². The quantitative estimate of drug-likeness (QED) is 0.0727. The van der Waals surface area contributed by atoms with Crippen LogP contribution in [0, 0.1) is 0 Å². The van der Waals surface area contributed by atoms with Crippen LogP contribution in [0.15, 0.2) is 230 Å². The minimum absolute atomic E-state index is 0.0539. The predicted molar refractivity (Wildman–Crippen MR) is 260 cm³/mol. The van der Waals surface area contributed by atoms with Gasteiger partial charge in [-0.2, -0.15) is 0 Å². The fourth-order valence-electron chi connectivity index (χ4n) is 7.59. The predicted octanol–water partition coefficient (Wildman–Crippen LogP) is 13.9. The lowest BCUT2D eigenvalue weighted by atomic mass is 9.37. The van der Waals surface area contributed by atoms with Gasteiger partial charge in [0.15, 0.2) is 0 Å². The van der Waals surface area contributed by atoms with Crippen molar-refractivity contribution in [2.75, 3.05) is 0 Å². The first-order chi connectivity index (χ1) is 28.9. The van der Waals surface area contributed by atoms with Crippen LogP contribution in [0.25, 0.3) is 60.9 Å². The molecule has 0 bridgehead atoms. The van der Waals surface area contributed by atoms with Gasteiger partial charge in [0.2, 0.25) is 6.71 Å².